The molecule has 1 aromatic carbocycles. The van der Waals surface area contributed by atoms with Crippen LogP contribution in [0.1, 0.15) is 61.8 Å². The number of hydrogen-bond donors (Lipinski definition) is 0. The van der Waals surface area contributed by atoms with E-state index < -0.39 is 41.4 Å². The summed E-state index contributed by atoms with van der Waals surface area (Å²) in [6.45, 7) is 8.47. The molecule has 3 rings (SSSR count). The smallest absolute Gasteiger partial charge is 0.412 e. The molecule has 0 unspecified atom stereocenters. The van der Waals surface area contributed by atoms with Gasteiger partial charge in [0.15, 0.2) is 0 Å². The Kier molecular flexibility index (Phi) is 5.42. The maximum atomic E-state index is 14.9. The highest BCUT2D eigenvalue weighted by molar-refractivity contribution is 6.21. The van der Waals surface area contributed by atoms with Crippen molar-refractivity contribution in [1.82, 2.24) is 9.80 Å². The van der Waals surface area contributed by atoms with Gasteiger partial charge in [0.05, 0.1) is 30.3 Å². The van der Waals surface area contributed by atoms with E-state index in [1.54, 1.807) is 58.9 Å². The summed E-state index contributed by atoms with van der Waals surface area (Å²) in [4.78, 5) is 39.9. The first-order valence-corrected chi connectivity index (χ1v) is 9.66. The topological polar surface area (TPSA) is 76.2 Å². The Morgan fingerprint density at radius 2 is 1.79 bits per heavy atom. The Morgan fingerprint density at radius 3 is 2.31 bits per heavy atom. The maximum absolute atomic E-state index is 14.9. The molecule has 8 heteroatoms. The molecule has 1 aromatic rings. The average molecular weight is 406 g/mol. The molecule has 1 saturated heterocycles. The van der Waals surface area contributed by atoms with E-state index in [-0.39, 0.29) is 30.7 Å². The number of carbonyl (C=O) groups excluding carboxylic acids is 3. The predicted molar refractivity (Wildman–Crippen MR) is 103 cm³/mol. The maximum Gasteiger partial charge on any atom is 0.412 e. The number of benzene rings is 1. The SMILES string of the molecule is CC(C)(C)OC(=O)N1[C@@H](C[C@@H](F)CN2C(=O)c3ccccc3C2=O)COC1(C)C. The van der Waals surface area contributed by atoms with Gasteiger partial charge in [-0.05, 0) is 46.8 Å². The fraction of sp³-hybridized carbons (Fsp3) is 0.571. The lowest BCUT2D eigenvalue weighted by Crippen LogP contribution is -2.50. The third kappa shape index (κ3) is 4.27. The summed E-state index contributed by atoms with van der Waals surface area (Å²) in [5, 5.41) is 0. The molecule has 29 heavy (non-hydrogen) atoms. The van der Waals surface area contributed by atoms with Crippen molar-refractivity contribution in [3.63, 3.8) is 0 Å². The second-order valence-electron chi connectivity index (χ2n) is 8.86. The molecule has 0 N–H and O–H groups in total. The largest absolute Gasteiger partial charge is 0.444 e. The van der Waals surface area contributed by atoms with Crippen molar-refractivity contribution in [1.29, 1.82) is 0 Å². The highest BCUT2D eigenvalue weighted by Crippen LogP contribution is 2.32. The van der Waals surface area contributed by atoms with Gasteiger partial charge in [0.1, 0.15) is 17.5 Å². The van der Waals surface area contributed by atoms with Crippen LogP contribution in [-0.4, -0.2) is 64.4 Å². The normalized spacial score (nSPS) is 22.1. The van der Waals surface area contributed by atoms with Crippen LogP contribution in [0.2, 0.25) is 0 Å². The number of rotatable bonds is 4. The van der Waals surface area contributed by atoms with E-state index in [1.165, 1.54) is 4.90 Å². The van der Waals surface area contributed by atoms with Gasteiger partial charge < -0.3 is 9.47 Å². The first-order valence-electron chi connectivity index (χ1n) is 9.66. The second kappa shape index (κ2) is 7.40. The van der Waals surface area contributed by atoms with Crippen LogP contribution < -0.4 is 0 Å². The Balaban J connectivity index is 1.68. The first kappa shape index (κ1) is 21.2. The van der Waals surface area contributed by atoms with Crippen molar-refractivity contribution < 1.29 is 28.2 Å². The van der Waals surface area contributed by atoms with E-state index in [9.17, 15) is 18.8 Å². The van der Waals surface area contributed by atoms with E-state index in [1.807, 2.05) is 0 Å². The molecule has 0 spiro atoms. The van der Waals surface area contributed by atoms with Crippen LogP contribution in [-0.2, 0) is 9.47 Å². The van der Waals surface area contributed by atoms with Crippen molar-refractivity contribution >= 4 is 17.9 Å². The standard InChI is InChI=1S/C21H27FN2O5/c1-20(2,3)29-19(27)24-14(12-28-21(24,4)5)10-13(22)11-23-17(25)15-8-6-7-9-16(15)18(23)26/h6-9,13-14H,10-12H2,1-5H3/t13-,14+/m1/s1. The number of alkyl halides is 1. The second-order valence-corrected chi connectivity index (χ2v) is 8.86. The molecule has 2 heterocycles. The summed E-state index contributed by atoms with van der Waals surface area (Å²) < 4.78 is 26.0. The Morgan fingerprint density at radius 1 is 1.24 bits per heavy atom. The van der Waals surface area contributed by atoms with Gasteiger partial charge in [-0.15, -0.1) is 0 Å². The highest BCUT2D eigenvalue weighted by Gasteiger charge is 2.47. The Labute approximate surface area is 169 Å². The van der Waals surface area contributed by atoms with Gasteiger partial charge in [0.2, 0.25) is 0 Å². The zero-order chi connectivity index (χ0) is 21.6. The number of amides is 3. The number of fused-ring (bicyclic) bond motifs is 1. The summed E-state index contributed by atoms with van der Waals surface area (Å²) in [5.74, 6) is -1.000. The molecule has 158 valence electrons. The van der Waals surface area contributed by atoms with Crippen LogP contribution in [0.25, 0.3) is 0 Å². The summed E-state index contributed by atoms with van der Waals surface area (Å²) in [6.07, 6.45) is -2.17. The monoisotopic (exact) mass is 406 g/mol. The first-order chi connectivity index (χ1) is 13.4. The predicted octanol–water partition coefficient (Wildman–Crippen LogP) is 3.38. The molecule has 0 radical (unpaired) electrons. The van der Waals surface area contributed by atoms with E-state index in [0.29, 0.717) is 0 Å². The van der Waals surface area contributed by atoms with Gasteiger partial charge in [-0.25, -0.2) is 9.18 Å². The number of imide groups is 1. The zero-order valence-corrected chi connectivity index (χ0v) is 17.4. The van der Waals surface area contributed by atoms with Crippen molar-refractivity contribution in [3.8, 4) is 0 Å². The molecule has 0 bridgehead atoms. The third-order valence-electron chi connectivity index (χ3n) is 4.95. The number of hydrogen-bond acceptors (Lipinski definition) is 5. The molecule has 2 aliphatic heterocycles. The Hall–Kier alpha value is -2.48. The number of halogens is 1. The van der Waals surface area contributed by atoms with Crippen LogP contribution in [0.5, 0.6) is 0 Å². The quantitative estimate of drug-likeness (QED) is 0.717. The highest BCUT2D eigenvalue weighted by atomic mass is 19.1. The van der Waals surface area contributed by atoms with E-state index in [2.05, 4.69) is 0 Å². The summed E-state index contributed by atoms with van der Waals surface area (Å²) >= 11 is 0. The van der Waals surface area contributed by atoms with Crippen LogP contribution in [0.3, 0.4) is 0 Å². The van der Waals surface area contributed by atoms with E-state index >= 15 is 0 Å². The molecule has 0 aromatic heterocycles. The van der Waals surface area contributed by atoms with Crippen molar-refractivity contribution in [2.45, 2.75) is 64.6 Å². The fourth-order valence-corrected chi connectivity index (χ4v) is 3.71. The molecular weight excluding hydrogens is 379 g/mol. The van der Waals surface area contributed by atoms with E-state index in [0.717, 1.165) is 4.90 Å². The van der Waals surface area contributed by atoms with Crippen LogP contribution in [0.15, 0.2) is 24.3 Å². The summed E-state index contributed by atoms with van der Waals surface area (Å²) in [5.41, 5.74) is -1.08. The molecular formula is C21H27FN2O5. The lowest BCUT2D eigenvalue weighted by atomic mass is 10.1. The molecule has 2 aliphatic rings. The van der Waals surface area contributed by atoms with Crippen molar-refractivity contribution in [2.24, 2.45) is 0 Å². The van der Waals surface area contributed by atoms with Gasteiger partial charge in [-0.1, -0.05) is 12.1 Å². The average Bonchev–Trinajstić information content (AvgIpc) is 3.02. The number of carbonyl (C=O) groups is 3. The summed E-state index contributed by atoms with van der Waals surface area (Å²) in [7, 11) is 0. The Bertz CT molecular complexity index is 798. The van der Waals surface area contributed by atoms with Gasteiger partial charge in [-0.3, -0.25) is 19.4 Å². The molecule has 0 saturated carbocycles. The summed E-state index contributed by atoms with van der Waals surface area (Å²) in [6, 6.07) is 5.87. The van der Waals surface area contributed by atoms with Crippen molar-refractivity contribution in [3.05, 3.63) is 35.4 Å². The minimum Gasteiger partial charge on any atom is -0.444 e. The van der Waals surface area contributed by atoms with Gasteiger partial charge in [0, 0.05) is 6.42 Å². The molecule has 1 fully saturated rings. The lowest BCUT2D eigenvalue weighted by Gasteiger charge is -2.35. The lowest BCUT2D eigenvalue weighted by molar-refractivity contribution is -0.0633. The fourth-order valence-electron chi connectivity index (χ4n) is 3.71. The van der Waals surface area contributed by atoms with E-state index in [4.69, 9.17) is 9.47 Å². The van der Waals surface area contributed by atoms with Crippen molar-refractivity contribution in [2.75, 3.05) is 13.2 Å². The number of ether oxygens (including phenoxy) is 2. The van der Waals surface area contributed by atoms with Gasteiger partial charge in [0.25, 0.3) is 11.8 Å². The minimum absolute atomic E-state index is 0.0733. The van der Waals surface area contributed by atoms with Gasteiger partial charge in [-0.2, -0.15) is 0 Å². The molecule has 0 aliphatic carbocycles. The van der Waals surface area contributed by atoms with Gasteiger partial charge >= 0.3 is 6.09 Å². The molecule has 3 amide bonds. The zero-order valence-electron chi connectivity index (χ0n) is 17.4. The van der Waals surface area contributed by atoms with Crippen LogP contribution in [0.4, 0.5) is 9.18 Å². The minimum atomic E-state index is -1.51. The molecule has 2 atom stereocenters. The molecule has 7 nitrogen and oxygen atoms in total. The number of nitrogens with zero attached hydrogens (tertiary/aromatic N) is 2. The van der Waals surface area contributed by atoms with Crippen LogP contribution in [0, 0.1) is 0 Å². The third-order valence-corrected chi connectivity index (χ3v) is 4.95. The van der Waals surface area contributed by atoms with Crippen LogP contribution >= 0.6 is 0 Å².